The third-order valence-electron chi connectivity index (χ3n) is 5.30. The van der Waals surface area contributed by atoms with Gasteiger partial charge in [0.15, 0.2) is 18.2 Å². The van der Waals surface area contributed by atoms with Crippen molar-refractivity contribution >= 4 is 11.0 Å². The van der Waals surface area contributed by atoms with E-state index in [1.165, 1.54) is 0 Å². The first-order valence-electron chi connectivity index (χ1n) is 9.56. The standard InChI is InChI=1S/C23H21N3O3/c1-12-10-17(11-13(2)21(12)27)19-9-8-18-20(25-26-22(18)24-19)15-4-6-16(7-5-15)23-28-14(3)29-23/h4-11,14,23,27H,1-3H3,(H,24,25,26). The highest BCUT2D eigenvalue weighted by molar-refractivity contribution is 5.92. The van der Waals surface area contributed by atoms with E-state index in [9.17, 15) is 5.11 Å². The van der Waals surface area contributed by atoms with Gasteiger partial charge in [-0.3, -0.25) is 5.10 Å². The average molecular weight is 387 g/mol. The summed E-state index contributed by atoms with van der Waals surface area (Å²) >= 11 is 0. The zero-order chi connectivity index (χ0) is 20.1. The first kappa shape index (κ1) is 17.8. The van der Waals surface area contributed by atoms with Crippen LogP contribution in [0.15, 0.2) is 48.5 Å². The van der Waals surface area contributed by atoms with E-state index in [-0.39, 0.29) is 12.6 Å². The second-order valence-electron chi connectivity index (χ2n) is 7.42. The van der Waals surface area contributed by atoms with E-state index >= 15 is 0 Å². The summed E-state index contributed by atoms with van der Waals surface area (Å²) in [5.74, 6) is 0.328. The van der Waals surface area contributed by atoms with Gasteiger partial charge in [-0.15, -0.1) is 0 Å². The molecule has 1 aliphatic heterocycles. The predicted molar refractivity (Wildman–Crippen MR) is 110 cm³/mol. The normalized spacial score (nSPS) is 18.7. The van der Waals surface area contributed by atoms with Crippen LogP contribution in [0.3, 0.4) is 0 Å². The Morgan fingerprint density at radius 3 is 2.28 bits per heavy atom. The van der Waals surface area contributed by atoms with Gasteiger partial charge in [-0.05, 0) is 56.2 Å². The van der Waals surface area contributed by atoms with E-state index < -0.39 is 0 Å². The second kappa shape index (κ2) is 6.69. The lowest BCUT2D eigenvalue weighted by Crippen LogP contribution is -2.31. The van der Waals surface area contributed by atoms with Gasteiger partial charge in [0, 0.05) is 22.1 Å². The molecule has 0 aliphatic carbocycles. The van der Waals surface area contributed by atoms with Crippen LogP contribution in [0.5, 0.6) is 5.75 Å². The number of pyridine rings is 1. The summed E-state index contributed by atoms with van der Waals surface area (Å²) in [7, 11) is 0. The molecule has 0 radical (unpaired) electrons. The fourth-order valence-corrected chi connectivity index (χ4v) is 3.70. The summed E-state index contributed by atoms with van der Waals surface area (Å²) < 4.78 is 11.1. The molecule has 146 valence electrons. The lowest BCUT2D eigenvalue weighted by Gasteiger charge is -2.33. The molecule has 3 heterocycles. The summed E-state index contributed by atoms with van der Waals surface area (Å²) in [5, 5.41) is 18.5. The third kappa shape index (κ3) is 3.06. The Hall–Kier alpha value is -3.22. The minimum absolute atomic E-state index is 0.142. The number of aromatic amines is 1. The topological polar surface area (TPSA) is 80.3 Å². The molecule has 1 saturated heterocycles. The van der Waals surface area contributed by atoms with E-state index in [4.69, 9.17) is 14.5 Å². The van der Waals surface area contributed by atoms with E-state index in [0.717, 1.165) is 50.2 Å². The largest absolute Gasteiger partial charge is 0.507 e. The molecule has 2 N–H and O–H groups in total. The minimum atomic E-state index is -0.281. The van der Waals surface area contributed by atoms with Gasteiger partial charge in [-0.1, -0.05) is 24.3 Å². The maximum atomic E-state index is 10.0. The number of aromatic nitrogens is 3. The van der Waals surface area contributed by atoms with E-state index in [2.05, 4.69) is 10.2 Å². The number of benzene rings is 2. The summed E-state index contributed by atoms with van der Waals surface area (Å²) in [6.45, 7) is 5.66. The molecule has 1 fully saturated rings. The Labute approximate surface area is 168 Å². The van der Waals surface area contributed by atoms with Crippen molar-refractivity contribution in [1.29, 1.82) is 0 Å². The SMILES string of the molecule is Cc1cc(-c2ccc3c(-c4ccc(C5OC(C)O5)cc4)n[nH]c3n2)cc(C)c1O. The lowest BCUT2D eigenvalue weighted by molar-refractivity contribution is -0.382. The Morgan fingerprint density at radius 1 is 0.931 bits per heavy atom. The first-order valence-corrected chi connectivity index (χ1v) is 9.56. The summed E-state index contributed by atoms with van der Waals surface area (Å²) in [6, 6.07) is 15.9. The first-order chi connectivity index (χ1) is 14.0. The number of hydrogen-bond acceptors (Lipinski definition) is 5. The van der Waals surface area contributed by atoms with Crippen LogP contribution in [0.25, 0.3) is 33.5 Å². The molecule has 0 spiro atoms. The molecule has 0 saturated carbocycles. The molecule has 1 aliphatic rings. The predicted octanol–water partition coefficient (Wildman–Crippen LogP) is 5.01. The molecule has 0 atom stereocenters. The summed E-state index contributed by atoms with van der Waals surface area (Å²) in [5.41, 5.74) is 7.04. The van der Waals surface area contributed by atoms with Crippen LogP contribution in [0.1, 0.15) is 29.9 Å². The van der Waals surface area contributed by atoms with Gasteiger partial charge in [0.05, 0.1) is 5.69 Å². The highest BCUT2D eigenvalue weighted by Crippen LogP contribution is 2.34. The minimum Gasteiger partial charge on any atom is -0.507 e. The fraction of sp³-hybridized carbons (Fsp3) is 0.217. The number of phenols is 1. The van der Waals surface area contributed by atoms with Crippen LogP contribution >= 0.6 is 0 Å². The van der Waals surface area contributed by atoms with Crippen molar-refractivity contribution in [3.05, 3.63) is 65.2 Å². The fourth-order valence-electron chi connectivity index (χ4n) is 3.70. The van der Waals surface area contributed by atoms with Crippen molar-refractivity contribution in [1.82, 2.24) is 15.2 Å². The van der Waals surface area contributed by atoms with Crippen molar-refractivity contribution < 1.29 is 14.6 Å². The van der Waals surface area contributed by atoms with Crippen molar-refractivity contribution in [3.63, 3.8) is 0 Å². The molecular formula is C23H21N3O3. The van der Waals surface area contributed by atoms with Gasteiger partial charge in [0.2, 0.25) is 0 Å². The molecule has 0 bridgehead atoms. The number of aryl methyl sites for hydroxylation is 2. The smallest absolute Gasteiger partial charge is 0.189 e. The maximum absolute atomic E-state index is 10.0. The number of ether oxygens (including phenoxy) is 2. The van der Waals surface area contributed by atoms with Crippen molar-refractivity contribution in [3.8, 4) is 28.3 Å². The van der Waals surface area contributed by atoms with Gasteiger partial charge < -0.3 is 14.6 Å². The number of rotatable bonds is 3. The van der Waals surface area contributed by atoms with Crippen LogP contribution in [0.4, 0.5) is 0 Å². The highest BCUT2D eigenvalue weighted by Gasteiger charge is 2.28. The van der Waals surface area contributed by atoms with Crippen LogP contribution in [-0.4, -0.2) is 26.6 Å². The molecule has 5 rings (SSSR count). The van der Waals surface area contributed by atoms with Crippen molar-refractivity contribution in [2.45, 2.75) is 33.4 Å². The van der Waals surface area contributed by atoms with E-state index in [1.54, 1.807) is 0 Å². The Morgan fingerprint density at radius 2 is 1.62 bits per heavy atom. The molecule has 0 amide bonds. The van der Waals surface area contributed by atoms with Gasteiger partial charge in [0.25, 0.3) is 0 Å². The lowest BCUT2D eigenvalue weighted by atomic mass is 10.0. The van der Waals surface area contributed by atoms with Crippen LogP contribution in [0, 0.1) is 13.8 Å². The molecule has 4 aromatic rings. The van der Waals surface area contributed by atoms with E-state index in [1.807, 2.05) is 69.3 Å². The molecule has 2 aromatic heterocycles. The Bertz CT molecular complexity index is 1190. The molecule has 0 unspecified atom stereocenters. The Kier molecular flexibility index (Phi) is 4.12. The number of nitrogens with one attached hydrogen (secondary N) is 1. The second-order valence-corrected chi connectivity index (χ2v) is 7.42. The van der Waals surface area contributed by atoms with E-state index in [0.29, 0.717) is 5.75 Å². The number of fused-ring (bicyclic) bond motifs is 1. The van der Waals surface area contributed by atoms with Crippen molar-refractivity contribution in [2.75, 3.05) is 0 Å². The summed E-state index contributed by atoms with van der Waals surface area (Å²) in [4.78, 5) is 4.74. The zero-order valence-electron chi connectivity index (χ0n) is 16.4. The number of H-pyrrole nitrogens is 1. The van der Waals surface area contributed by atoms with Crippen LogP contribution in [-0.2, 0) is 9.47 Å². The third-order valence-corrected chi connectivity index (χ3v) is 5.30. The quantitative estimate of drug-likeness (QED) is 0.517. The van der Waals surface area contributed by atoms with Gasteiger partial charge >= 0.3 is 0 Å². The highest BCUT2D eigenvalue weighted by atomic mass is 16.9. The number of hydrogen-bond donors (Lipinski definition) is 2. The number of phenolic OH excluding ortho intramolecular Hbond substituents is 1. The van der Waals surface area contributed by atoms with Crippen LogP contribution in [0.2, 0.25) is 0 Å². The number of nitrogens with zero attached hydrogens (tertiary/aromatic N) is 2. The molecule has 29 heavy (non-hydrogen) atoms. The van der Waals surface area contributed by atoms with Crippen LogP contribution < -0.4 is 0 Å². The summed E-state index contributed by atoms with van der Waals surface area (Å²) in [6.07, 6.45) is -0.423. The van der Waals surface area contributed by atoms with Crippen molar-refractivity contribution in [2.24, 2.45) is 0 Å². The molecule has 2 aromatic carbocycles. The van der Waals surface area contributed by atoms with Gasteiger partial charge in [-0.2, -0.15) is 5.10 Å². The van der Waals surface area contributed by atoms with Gasteiger partial charge in [0.1, 0.15) is 11.4 Å². The average Bonchev–Trinajstić information content (AvgIpc) is 3.12. The molecule has 6 heteroatoms. The van der Waals surface area contributed by atoms with Gasteiger partial charge in [-0.25, -0.2) is 4.98 Å². The zero-order valence-corrected chi connectivity index (χ0v) is 16.4. The molecular weight excluding hydrogens is 366 g/mol. The Balaban J connectivity index is 1.48. The monoisotopic (exact) mass is 387 g/mol. The maximum Gasteiger partial charge on any atom is 0.189 e. The molecule has 6 nitrogen and oxygen atoms in total. The number of aromatic hydroxyl groups is 1.